The van der Waals surface area contributed by atoms with Crippen molar-refractivity contribution >= 4 is 11.6 Å². The number of nitrogen functional groups attached to an aromatic ring is 1. The van der Waals surface area contributed by atoms with Gasteiger partial charge in [-0.15, -0.1) is 0 Å². The molecule has 0 fully saturated rings. The van der Waals surface area contributed by atoms with E-state index >= 15 is 0 Å². The molecule has 21 heavy (non-hydrogen) atoms. The minimum Gasteiger partial charge on any atom is -0.399 e. The Labute approximate surface area is 123 Å². The molecule has 2 aromatic carbocycles. The standard InChI is InChI=1S/C17H17FN2O/c18-15-8-14(9-16(19)10-15)17(21)20-7-3-6-12-4-1-2-5-13(12)11-20/h1-2,4-5,8-10H,3,6-7,11,19H2. The first-order chi connectivity index (χ1) is 10.1. The Kier molecular flexibility index (Phi) is 3.60. The average Bonchev–Trinajstić information content (AvgIpc) is 2.67. The molecule has 2 aromatic rings. The predicted octanol–water partition coefficient (Wildman–Crippen LogP) is 3.00. The second kappa shape index (κ2) is 5.56. The zero-order valence-electron chi connectivity index (χ0n) is 11.7. The van der Waals surface area contributed by atoms with Crippen molar-refractivity contribution in [3.63, 3.8) is 0 Å². The summed E-state index contributed by atoms with van der Waals surface area (Å²) >= 11 is 0. The summed E-state index contributed by atoms with van der Waals surface area (Å²) in [4.78, 5) is 14.3. The molecule has 0 saturated carbocycles. The van der Waals surface area contributed by atoms with E-state index < -0.39 is 5.82 Å². The molecular weight excluding hydrogens is 267 g/mol. The summed E-state index contributed by atoms with van der Waals surface area (Å²) in [5, 5.41) is 0. The number of carbonyl (C=O) groups excluding carboxylic acids is 1. The molecule has 1 aliphatic heterocycles. The number of carbonyl (C=O) groups is 1. The minimum absolute atomic E-state index is 0.169. The Balaban J connectivity index is 1.88. The van der Waals surface area contributed by atoms with Crippen LogP contribution in [0.3, 0.4) is 0 Å². The zero-order chi connectivity index (χ0) is 14.8. The SMILES string of the molecule is Nc1cc(F)cc(C(=O)N2CCCc3ccccc3C2)c1. The number of aryl methyl sites for hydroxylation is 1. The first-order valence-electron chi connectivity index (χ1n) is 7.05. The van der Waals surface area contributed by atoms with Crippen molar-refractivity contribution in [3.8, 4) is 0 Å². The van der Waals surface area contributed by atoms with Gasteiger partial charge in [-0.3, -0.25) is 4.79 Å². The maximum absolute atomic E-state index is 13.4. The number of halogens is 1. The average molecular weight is 284 g/mol. The summed E-state index contributed by atoms with van der Waals surface area (Å²) in [6.45, 7) is 1.23. The predicted molar refractivity (Wildman–Crippen MR) is 80.3 cm³/mol. The molecule has 3 rings (SSSR count). The monoisotopic (exact) mass is 284 g/mol. The smallest absolute Gasteiger partial charge is 0.254 e. The highest BCUT2D eigenvalue weighted by molar-refractivity contribution is 5.95. The Morgan fingerprint density at radius 1 is 1.14 bits per heavy atom. The van der Waals surface area contributed by atoms with Gasteiger partial charge in [-0.1, -0.05) is 24.3 Å². The van der Waals surface area contributed by atoms with Gasteiger partial charge in [0.15, 0.2) is 0 Å². The largest absolute Gasteiger partial charge is 0.399 e. The lowest BCUT2D eigenvalue weighted by molar-refractivity contribution is 0.0745. The lowest BCUT2D eigenvalue weighted by Crippen LogP contribution is -2.30. The van der Waals surface area contributed by atoms with E-state index in [2.05, 4.69) is 6.07 Å². The molecule has 0 bridgehead atoms. The van der Waals surface area contributed by atoms with Crippen molar-refractivity contribution in [3.05, 3.63) is 65.0 Å². The van der Waals surface area contributed by atoms with Crippen LogP contribution in [-0.2, 0) is 13.0 Å². The van der Waals surface area contributed by atoms with Gasteiger partial charge in [0.05, 0.1) is 0 Å². The maximum atomic E-state index is 13.4. The highest BCUT2D eigenvalue weighted by Gasteiger charge is 2.20. The van der Waals surface area contributed by atoms with Gasteiger partial charge in [0.2, 0.25) is 0 Å². The van der Waals surface area contributed by atoms with Crippen LogP contribution in [-0.4, -0.2) is 17.4 Å². The van der Waals surface area contributed by atoms with Gasteiger partial charge in [0.25, 0.3) is 5.91 Å². The maximum Gasteiger partial charge on any atom is 0.254 e. The second-order valence-electron chi connectivity index (χ2n) is 5.37. The Morgan fingerprint density at radius 3 is 2.67 bits per heavy atom. The van der Waals surface area contributed by atoms with Gasteiger partial charge in [-0.05, 0) is 42.2 Å². The number of benzene rings is 2. The molecule has 0 aliphatic carbocycles. The summed E-state index contributed by atoms with van der Waals surface area (Å²) in [5.41, 5.74) is 8.65. The molecule has 4 heteroatoms. The first kappa shape index (κ1) is 13.6. The third-order valence-corrected chi connectivity index (χ3v) is 3.81. The normalized spacial score (nSPS) is 14.4. The van der Waals surface area contributed by atoms with Gasteiger partial charge in [0.1, 0.15) is 5.82 Å². The summed E-state index contributed by atoms with van der Waals surface area (Å²) in [6.07, 6.45) is 1.87. The third kappa shape index (κ3) is 2.89. The quantitative estimate of drug-likeness (QED) is 0.818. The molecular formula is C17H17FN2O. The number of amides is 1. The van der Waals surface area contributed by atoms with Gasteiger partial charge in [-0.25, -0.2) is 4.39 Å². The summed E-state index contributed by atoms with van der Waals surface area (Å²) in [5.74, 6) is -0.647. The molecule has 0 radical (unpaired) electrons. The van der Waals surface area contributed by atoms with Crippen molar-refractivity contribution in [1.82, 2.24) is 4.90 Å². The number of hydrogen-bond donors (Lipinski definition) is 1. The van der Waals surface area contributed by atoms with Crippen LogP contribution in [0.1, 0.15) is 27.9 Å². The van der Waals surface area contributed by atoms with Crippen molar-refractivity contribution in [2.24, 2.45) is 0 Å². The molecule has 1 amide bonds. The highest BCUT2D eigenvalue weighted by Crippen LogP contribution is 2.21. The second-order valence-corrected chi connectivity index (χ2v) is 5.37. The molecule has 0 aromatic heterocycles. The fourth-order valence-electron chi connectivity index (χ4n) is 2.79. The summed E-state index contributed by atoms with van der Waals surface area (Å²) in [7, 11) is 0. The number of anilines is 1. The van der Waals surface area contributed by atoms with Gasteiger partial charge < -0.3 is 10.6 Å². The molecule has 1 heterocycles. The van der Waals surface area contributed by atoms with Gasteiger partial charge >= 0.3 is 0 Å². The molecule has 0 atom stereocenters. The number of nitrogens with zero attached hydrogens (tertiary/aromatic N) is 1. The van der Waals surface area contributed by atoms with E-state index in [0.29, 0.717) is 18.7 Å². The first-order valence-corrected chi connectivity index (χ1v) is 7.05. The molecule has 0 unspecified atom stereocenters. The number of nitrogens with two attached hydrogens (primary N) is 1. The summed E-state index contributed by atoms with van der Waals surface area (Å²) < 4.78 is 13.4. The number of rotatable bonds is 1. The Bertz CT molecular complexity index is 664. The van der Waals surface area contributed by atoms with E-state index in [1.165, 1.54) is 23.8 Å². The molecule has 2 N–H and O–H groups in total. The van der Waals surface area contributed by atoms with Crippen LogP contribution < -0.4 is 5.73 Å². The van der Waals surface area contributed by atoms with E-state index in [1.807, 2.05) is 18.2 Å². The van der Waals surface area contributed by atoms with Gasteiger partial charge in [0, 0.05) is 24.3 Å². The van der Waals surface area contributed by atoms with Crippen LogP contribution in [0, 0.1) is 5.82 Å². The van der Waals surface area contributed by atoms with Crippen molar-refractivity contribution in [2.45, 2.75) is 19.4 Å². The molecule has 0 spiro atoms. The van der Waals surface area contributed by atoms with Crippen molar-refractivity contribution in [1.29, 1.82) is 0 Å². The van der Waals surface area contributed by atoms with E-state index in [0.717, 1.165) is 18.4 Å². The van der Waals surface area contributed by atoms with Crippen LogP contribution >= 0.6 is 0 Å². The summed E-state index contributed by atoms with van der Waals surface area (Å²) in [6, 6.07) is 12.1. The topological polar surface area (TPSA) is 46.3 Å². The highest BCUT2D eigenvalue weighted by atomic mass is 19.1. The van der Waals surface area contributed by atoms with Crippen LogP contribution in [0.15, 0.2) is 42.5 Å². The van der Waals surface area contributed by atoms with E-state index in [1.54, 1.807) is 4.90 Å². The van der Waals surface area contributed by atoms with Crippen molar-refractivity contribution in [2.75, 3.05) is 12.3 Å². The lowest BCUT2D eigenvalue weighted by Gasteiger charge is -2.21. The van der Waals surface area contributed by atoms with E-state index in [9.17, 15) is 9.18 Å². The van der Waals surface area contributed by atoms with Crippen LogP contribution in [0.2, 0.25) is 0 Å². The van der Waals surface area contributed by atoms with Crippen molar-refractivity contribution < 1.29 is 9.18 Å². The fraction of sp³-hybridized carbons (Fsp3) is 0.235. The van der Waals surface area contributed by atoms with Crippen LogP contribution in [0.4, 0.5) is 10.1 Å². The van der Waals surface area contributed by atoms with E-state index in [-0.39, 0.29) is 11.6 Å². The third-order valence-electron chi connectivity index (χ3n) is 3.81. The minimum atomic E-state index is -0.478. The number of fused-ring (bicyclic) bond motifs is 1. The number of hydrogen-bond acceptors (Lipinski definition) is 2. The van der Waals surface area contributed by atoms with Crippen LogP contribution in [0.25, 0.3) is 0 Å². The Morgan fingerprint density at radius 2 is 1.90 bits per heavy atom. The Hall–Kier alpha value is -2.36. The van der Waals surface area contributed by atoms with Gasteiger partial charge in [-0.2, -0.15) is 0 Å². The molecule has 0 saturated heterocycles. The molecule has 108 valence electrons. The molecule has 3 nitrogen and oxygen atoms in total. The zero-order valence-corrected chi connectivity index (χ0v) is 11.7. The fourth-order valence-corrected chi connectivity index (χ4v) is 2.79. The molecule has 1 aliphatic rings. The lowest BCUT2D eigenvalue weighted by atomic mass is 10.0. The van der Waals surface area contributed by atoms with Crippen LogP contribution in [0.5, 0.6) is 0 Å². The van der Waals surface area contributed by atoms with E-state index in [4.69, 9.17) is 5.73 Å².